The zero-order valence-electron chi connectivity index (χ0n) is 17.7. The number of nitrogens with one attached hydrogen (secondary N) is 2. The van der Waals surface area contributed by atoms with Crippen molar-refractivity contribution in [3.8, 4) is 11.1 Å². The van der Waals surface area contributed by atoms with E-state index in [1.54, 1.807) is 11.6 Å². The van der Waals surface area contributed by atoms with E-state index in [4.69, 9.17) is 9.84 Å². The Balaban J connectivity index is 1.39. The first-order valence-corrected chi connectivity index (χ1v) is 11.4. The van der Waals surface area contributed by atoms with Gasteiger partial charge in [0.1, 0.15) is 17.7 Å². The maximum Gasteiger partial charge on any atom is 0.407 e. The number of rotatable bonds is 9. The molecule has 1 atom stereocenters. The van der Waals surface area contributed by atoms with Crippen molar-refractivity contribution >= 4 is 29.3 Å². The Kier molecular flexibility index (Phi) is 6.99. The third-order valence-electron chi connectivity index (χ3n) is 5.50. The van der Waals surface area contributed by atoms with Crippen LogP contribution in [0.2, 0.25) is 0 Å². The molecule has 8 nitrogen and oxygen atoms in total. The van der Waals surface area contributed by atoms with Gasteiger partial charge in [0.15, 0.2) is 0 Å². The fourth-order valence-corrected chi connectivity index (χ4v) is 4.50. The van der Waals surface area contributed by atoms with Gasteiger partial charge in [-0.1, -0.05) is 48.5 Å². The summed E-state index contributed by atoms with van der Waals surface area (Å²) in [4.78, 5) is 40.2. The summed E-state index contributed by atoms with van der Waals surface area (Å²) in [5.74, 6) is -1.65. The van der Waals surface area contributed by atoms with Crippen LogP contribution in [0.3, 0.4) is 0 Å². The highest BCUT2D eigenvalue weighted by atomic mass is 32.1. The van der Waals surface area contributed by atoms with E-state index in [2.05, 4.69) is 15.6 Å². The minimum absolute atomic E-state index is 0.0524. The van der Waals surface area contributed by atoms with Crippen molar-refractivity contribution in [2.75, 3.05) is 6.61 Å². The number of ether oxygens (including phenoxy) is 1. The van der Waals surface area contributed by atoms with Gasteiger partial charge in [0.05, 0.1) is 6.54 Å². The molecule has 1 unspecified atom stereocenters. The van der Waals surface area contributed by atoms with Crippen molar-refractivity contribution in [2.45, 2.75) is 31.3 Å². The number of carboxylic acids is 1. The lowest BCUT2D eigenvalue weighted by atomic mass is 9.98. The third-order valence-corrected chi connectivity index (χ3v) is 6.28. The van der Waals surface area contributed by atoms with Gasteiger partial charge in [0.25, 0.3) is 0 Å². The van der Waals surface area contributed by atoms with Gasteiger partial charge in [-0.15, -0.1) is 11.3 Å². The Morgan fingerprint density at radius 2 is 1.73 bits per heavy atom. The highest BCUT2D eigenvalue weighted by Crippen LogP contribution is 2.44. The van der Waals surface area contributed by atoms with Crippen LogP contribution in [0.4, 0.5) is 4.79 Å². The number of carbonyl (C=O) groups excluding carboxylic acids is 2. The summed E-state index contributed by atoms with van der Waals surface area (Å²) in [6, 6.07) is 14.9. The first-order valence-electron chi connectivity index (χ1n) is 10.5. The summed E-state index contributed by atoms with van der Waals surface area (Å²) in [5.41, 5.74) is 4.39. The van der Waals surface area contributed by atoms with Crippen LogP contribution in [0.15, 0.2) is 60.1 Å². The molecule has 0 spiro atoms. The van der Waals surface area contributed by atoms with Gasteiger partial charge in [-0.05, 0) is 28.7 Å². The third kappa shape index (κ3) is 5.38. The fraction of sp³-hybridized carbons (Fsp3) is 0.250. The molecule has 0 saturated heterocycles. The highest BCUT2D eigenvalue weighted by molar-refractivity contribution is 7.09. The summed E-state index contributed by atoms with van der Waals surface area (Å²) < 4.78 is 5.49. The van der Waals surface area contributed by atoms with Crippen molar-refractivity contribution in [2.24, 2.45) is 0 Å². The number of carboxylic acid groups (broad SMARTS) is 1. The Bertz CT molecular complexity index is 1100. The molecular weight excluding hydrogens is 442 g/mol. The van der Waals surface area contributed by atoms with Crippen LogP contribution in [0, 0.1) is 0 Å². The van der Waals surface area contributed by atoms with E-state index in [1.165, 1.54) is 11.3 Å². The standard InChI is InChI=1S/C24H23N3O5S/c28-22(29)10-9-20(23(30)26-13-21-25-11-12-33-21)27-24(31)32-14-19-17-7-3-1-5-15(17)16-6-2-4-8-18(16)19/h1-8,11-12,19-20H,9-10,13-14H2,(H,26,30)(H,27,31)(H,28,29). The van der Waals surface area contributed by atoms with Crippen molar-refractivity contribution in [3.63, 3.8) is 0 Å². The van der Waals surface area contributed by atoms with Crippen LogP contribution >= 0.6 is 11.3 Å². The van der Waals surface area contributed by atoms with Gasteiger partial charge in [-0.3, -0.25) is 9.59 Å². The molecule has 2 amide bonds. The Morgan fingerprint density at radius 3 is 2.33 bits per heavy atom. The number of hydrogen-bond acceptors (Lipinski definition) is 6. The van der Waals surface area contributed by atoms with Gasteiger partial charge in [0, 0.05) is 23.9 Å². The lowest BCUT2D eigenvalue weighted by Gasteiger charge is -2.19. The monoisotopic (exact) mass is 465 g/mol. The number of alkyl carbamates (subject to hydrolysis) is 1. The van der Waals surface area contributed by atoms with E-state index < -0.39 is 24.0 Å². The predicted octanol–water partition coefficient (Wildman–Crippen LogP) is 3.53. The molecule has 0 radical (unpaired) electrons. The molecule has 1 heterocycles. The molecule has 3 N–H and O–H groups in total. The molecule has 2 aromatic carbocycles. The lowest BCUT2D eigenvalue weighted by Crippen LogP contribution is -2.47. The number of hydrogen-bond donors (Lipinski definition) is 3. The van der Waals surface area contributed by atoms with E-state index in [1.807, 2.05) is 48.5 Å². The molecular formula is C24H23N3O5S. The number of carbonyl (C=O) groups is 3. The van der Waals surface area contributed by atoms with Gasteiger partial charge in [-0.25, -0.2) is 9.78 Å². The number of aliphatic carboxylic acids is 1. The zero-order chi connectivity index (χ0) is 23.2. The van der Waals surface area contributed by atoms with Gasteiger partial charge in [-0.2, -0.15) is 0 Å². The maximum atomic E-state index is 12.6. The summed E-state index contributed by atoms with van der Waals surface area (Å²) in [6.07, 6.45) is 0.544. The lowest BCUT2D eigenvalue weighted by molar-refractivity contribution is -0.137. The normalized spacial score (nSPS) is 13.0. The van der Waals surface area contributed by atoms with E-state index in [0.717, 1.165) is 22.3 Å². The zero-order valence-corrected chi connectivity index (χ0v) is 18.5. The number of amides is 2. The molecule has 0 bridgehead atoms. The van der Waals surface area contributed by atoms with Crippen molar-refractivity contribution in [1.29, 1.82) is 0 Å². The van der Waals surface area contributed by atoms with Gasteiger partial charge in [0.2, 0.25) is 5.91 Å². The molecule has 0 saturated carbocycles. The quantitative estimate of drug-likeness (QED) is 0.445. The van der Waals surface area contributed by atoms with Crippen LogP contribution in [-0.4, -0.2) is 40.7 Å². The second kappa shape index (κ2) is 10.3. The second-order valence-electron chi connectivity index (χ2n) is 7.60. The highest BCUT2D eigenvalue weighted by Gasteiger charge is 2.30. The predicted molar refractivity (Wildman–Crippen MR) is 123 cm³/mol. The van der Waals surface area contributed by atoms with E-state index in [9.17, 15) is 14.4 Å². The van der Waals surface area contributed by atoms with Crippen molar-refractivity contribution in [3.05, 3.63) is 76.2 Å². The minimum atomic E-state index is -1.05. The average molecular weight is 466 g/mol. The molecule has 0 fully saturated rings. The number of benzene rings is 2. The summed E-state index contributed by atoms with van der Waals surface area (Å²) in [7, 11) is 0. The topological polar surface area (TPSA) is 118 Å². The van der Waals surface area contributed by atoms with Crippen molar-refractivity contribution in [1.82, 2.24) is 15.6 Å². The van der Waals surface area contributed by atoms with Crippen LogP contribution in [0.5, 0.6) is 0 Å². The Hall–Kier alpha value is -3.72. The first kappa shape index (κ1) is 22.5. The number of fused-ring (bicyclic) bond motifs is 3. The molecule has 0 aliphatic heterocycles. The SMILES string of the molecule is O=C(O)CCC(NC(=O)OCC1c2ccccc2-c2ccccc21)C(=O)NCc1nccs1. The van der Waals surface area contributed by atoms with Crippen LogP contribution in [0.25, 0.3) is 11.1 Å². The summed E-state index contributed by atoms with van der Waals surface area (Å²) in [6.45, 7) is 0.304. The smallest absolute Gasteiger partial charge is 0.407 e. The summed E-state index contributed by atoms with van der Waals surface area (Å²) >= 11 is 1.39. The molecule has 1 aliphatic carbocycles. The molecule has 4 rings (SSSR count). The largest absolute Gasteiger partial charge is 0.481 e. The molecule has 170 valence electrons. The average Bonchev–Trinajstić information content (AvgIpc) is 3.45. The molecule has 3 aromatic rings. The van der Waals surface area contributed by atoms with E-state index in [-0.39, 0.29) is 31.9 Å². The van der Waals surface area contributed by atoms with Crippen LogP contribution in [0.1, 0.15) is 34.9 Å². The maximum absolute atomic E-state index is 12.6. The number of nitrogens with zero attached hydrogens (tertiary/aromatic N) is 1. The molecule has 1 aromatic heterocycles. The fourth-order valence-electron chi connectivity index (χ4n) is 3.95. The van der Waals surface area contributed by atoms with Gasteiger partial charge >= 0.3 is 12.1 Å². The molecule has 9 heteroatoms. The minimum Gasteiger partial charge on any atom is -0.481 e. The van der Waals surface area contributed by atoms with E-state index in [0.29, 0.717) is 5.01 Å². The second-order valence-corrected chi connectivity index (χ2v) is 8.58. The first-order chi connectivity index (χ1) is 16.0. The Morgan fingerprint density at radius 1 is 1.06 bits per heavy atom. The summed E-state index contributed by atoms with van der Waals surface area (Å²) in [5, 5.41) is 16.7. The number of thiazole rings is 1. The molecule has 1 aliphatic rings. The number of aromatic nitrogens is 1. The van der Waals surface area contributed by atoms with Gasteiger partial charge < -0.3 is 20.5 Å². The van der Waals surface area contributed by atoms with Crippen molar-refractivity contribution < 1.29 is 24.2 Å². The van der Waals surface area contributed by atoms with Crippen LogP contribution < -0.4 is 10.6 Å². The Labute approximate surface area is 194 Å². The molecule has 33 heavy (non-hydrogen) atoms. The van der Waals surface area contributed by atoms with Crippen LogP contribution in [-0.2, 0) is 20.9 Å². The van der Waals surface area contributed by atoms with E-state index >= 15 is 0 Å².